The number of esters is 2. The lowest BCUT2D eigenvalue weighted by atomic mass is 9.53. The summed E-state index contributed by atoms with van der Waals surface area (Å²) in [5.74, 6) is -1.70. The Morgan fingerprint density at radius 3 is 2.33 bits per heavy atom. The first-order chi connectivity index (χ1) is 12.5. The van der Waals surface area contributed by atoms with Crippen molar-refractivity contribution in [1.29, 1.82) is 0 Å². The second-order valence-electron chi connectivity index (χ2n) is 7.46. The van der Waals surface area contributed by atoms with Gasteiger partial charge in [0.2, 0.25) is 0 Å². The average molecular weight is 412 g/mol. The maximum atomic E-state index is 13.1. The molecule has 0 aromatic rings. The van der Waals surface area contributed by atoms with E-state index in [0.29, 0.717) is 31.3 Å². The van der Waals surface area contributed by atoms with Gasteiger partial charge in [0.1, 0.15) is 0 Å². The normalized spacial score (nSPS) is 28.0. The van der Waals surface area contributed by atoms with Crippen molar-refractivity contribution >= 4 is 22.1 Å². The summed E-state index contributed by atoms with van der Waals surface area (Å²) in [6, 6.07) is 0. The highest BCUT2D eigenvalue weighted by molar-refractivity contribution is 7.87. The van der Waals surface area contributed by atoms with Crippen molar-refractivity contribution in [3.05, 3.63) is 0 Å². The zero-order valence-corrected chi connectivity index (χ0v) is 16.1. The number of ether oxygens (including phenoxy) is 2. The van der Waals surface area contributed by atoms with Gasteiger partial charge in [0.25, 0.3) is 0 Å². The van der Waals surface area contributed by atoms with Crippen molar-refractivity contribution in [2.24, 2.45) is 17.3 Å². The highest BCUT2D eigenvalue weighted by Gasteiger charge is 2.55. The summed E-state index contributed by atoms with van der Waals surface area (Å²) in [6.07, 6.45) is 7.19. The molecule has 1 spiro atoms. The summed E-state index contributed by atoms with van der Waals surface area (Å²) in [6.45, 7) is 1.45. The van der Waals surface area contributed by atoms with Crippen LogP contribution >= 0.6 is 0 Å². The fourth-order valence-electron chi connectivity index (χ4n) is 4.65. The molecular weight excluding hydrogens is 386 g/mol. The smallest absolute Gasteiger partial charge is 0.465 e. The van der Waals surface area contributed by atoms with E-state index in [-0.39, 0.29) is 18.0 Å². The molecule has 2 aliphatic carbocycles. The fourth-order valence-corrected chi connectivity index (χ4v) is 4.92. The molecule has 0 aromatic carbocycles. The maximum Gasteiger partial charge on any atom is 0.465 e. The molecule has 0 saturated heterocycles. The molecule has 2 rings (SSSR count). The summed E-state index contributed by atoms with van der Waals surface area (Å²) in [5.41, 5.74) is 0.183. The molecule has 0 aliphatic heterocycles. The third kappa shape index (κ3) is 4.77. The second kappa shape index (κ2) is 8.38. The predicted molar refractivity (Wildman–Crippen MR) is 90.4 cm³/mol. The lowest BCUT2D eigenvalue weighted by molar-refractivity contribution is -0.161. The number of hydrogen-bond acceptors (Lipinski definition) is 6. The minimum atomic E-state index is -5.83. The second-order valence-corrected chi connectivity index (χ2v) is 8.92. The van der Waals surface area contributed by atoms with Crippen LogP contribution in [-0.4, -0.2) is 43.4 Å². The Hall–Kier alpha value is -1.29. The van der Waals surface area contributed by atoms with E-state index < -0.39 is 21.3 Å². The predicted octanol–water partition coefficient (Wildman–Crippen LogP) is 2.94. The average Bonchev–Trinajstić information content (AvgIpc) is 2.99. The van der Waals surface area contributed by atoms with Crippen LogP contribution in [0.5, 0.6) is 0 Å². The molecule has 2 fully saturated rings. The highest BCUT2D eigenvalue weighted by atomic mass is 32.2. The molecule has 3 atom stereocenters. The van der Waals surface area contributed by atoms with E-state index in [2.05, 4.69) is 4.74 Å². The van der Waals surface area contributed by atoms with Gasteiger partial charge in [-0.05, 0) is 62.2 Å². The largest absolute Gasteiger partial charge is 0.466 e. The SMILES string of the molecule is CC(=O)OCCC1CCC12CCCC2CCCOC(=O)C(F)(F)S(=O)(=O)O. The Kier molecular flexibility index (Phi) is 6.83. The Labute approximate surface area is 157 Å². The first-order valence-corrected chi connectivity index (χ1v) is 10.6. The topological polar surface area (TPSA) is 107 Å². The minimum absolute atomic E-state index is 0.183. The van der Waals surface area contributed by atoms with E-state index in [0.717, 1.165) is 38.5 Å². The Morgan fingerprint density at radius 1 is 1.11 bits per heavy atom. The number of hydrogen-bond donors (Lipinski definition) is 1. The minimum Gasteiger partial charge on any atom is -0.466 e. The van der Waals surface area contributed by atoms with Crippen molar-refractivity contribution in [2.75, 3.05) is 13.2 Å². The maximum absolute atomic E-state index is 13.1. The van der Waals surface area contributed by atoms with Crippen LogP contribution in [-0.2, 0) is 29.2 Å². The quantitative estimate of drug-likeness (QED) is 0.352. The summed E-state index contributed by atoms with van der Waals surface area (Å²) in [4.78, 5) is 22.1. The Balaban J connectivity index is 1.79. The zero-order valence-electron chi connectivity index (χ0n) is 15.3. The first-order valence-electron chi connectivity index (χ1n) is 9.16. The van der Waals surface area contributed by atoms with Crippen LogP contribution in [0.25, 0.3) is 0 Å². The van der Waals surface area contributed by atoms with Crippen LogP contribution in [0, 0.1) is 17.3 Å². The van der Waals surface area contributed by atoms with Crippen molar-refractivity contribution < 1.29 is 40.8 Å². The van der Waals surface area contributed by atoms with E-state index in [1.807, 2.05) is 0 Å². The summed E-state index contributed by atoms with van der Waals surface area (Å²) >= 11 is 0. The van der Waals surface area contributed by atoms with E-state index >= 15 is 0 Å². The van der Waals surface area contributed by atoms with E-state index in [1.54, 1.807) is 0 Å². The molecule has 0 aromatic heterocycles. The van der Waals surface area contributed by atoms with Gasteiger partial charge in [0.15, 0.2) is 0 Å². The van der Waals surface area contributed by atoms with Crippen molar-refractivity contribution in [3.8, 4) is 0 Å². The molecule has 27 heavy (non-hydrogen) atoms. The van der Waals surface area contributed by atoms with Crippen LogP contribution in [0.15, 0.2) is 0 Å². The van der Waals surface area contributed by atoms with Gasteiger partial charge < -0.3 is 9.47 Å². The van der Waals surface area contributed by atoms with Crippen LogP contribution in [0.2, 0.25) is 0 Å². The van der Waals surface area contributed by atoms with Gasteiger partial charge in [-0.2, -0.15) is 17.2 Å². The number of alkyl halides is 2. The van der Waals surface area contributed by atoms with Gasteiger partial charge in [-0.3, -0.25) is 9.35 Å². The van der Waals surface area contributed by atoms with E-state index in [9.17, 15) is 26.8 Å². The third-order valence-electron chi connectivity index (χ3n) is 6.04. The van der Waals surface area contributed by atoms with Gasteiger partial charge in [0, 0.05) is 6.92 Å². The third-order valence-corrected chi connectivity index (χ3v) is 6.86. The standard InChI is InChI=1S/C17H26F2O7S/c1-12(20)25-11-7-14-6-9-16(14)8-2-4-13(16)5-3-10-26-15(21)17(18,19)27(22,23)24/h13-14H,2-11H2,1H3,(H,22,23,24). The van der Waals surface area contributed by atoms with Gasteiger partial charge in [0.05, 0.1) is 13.2 Å². The van der Waals surface area contributed by atoms with Crippen molar-refractivity contribution in [3.63, 3.8) is 0 Å². The zero-order chi connectivity index (χ0) is 20.3. The molecule has 156 valence electrons. The first kappa shape index (κ1) is 22.0. The monoisotopic (exact) mass is 412 g/mol. The van der Waals surface area contributed by atoms with Gasteiger partial charge in [-0.1, -0.05) is 6.42 Å². The Morgan fingerprint density at radius 2 is 1.78 bits per heavy atom. The summed E-state index contributed by atoms with van der Waals surface area (Å²) in [5, 5.41) is -4.95. The van der Waals surface area contributed by atoms with Crippen LogP contribution < -0.4 is 0 Å². The number of halogens is 2. The van der Waals surface area contributed by atoms with Gasteiger partial charge in [-0.15, -0.1) is 0 Å². The molecule has 0 bridgehead atoms. The highest BCUT2D eigenvalue weighted by Crippen LogP contribution is 2.62. The molecule has 2 saturated carbocycles. The molecular formula is C17H26F2O7S. The molecule has 10 heteroatoms. The molecule has 3 unspecified atom stereocenters. The molecule has 0 heterocycles. The van der Waals surface area contributed by atoms with E-state index in [4.69, 9.17) is 9.29 Å². The van der Waals surface area contributed by atoms with Crippen LogP contribution in [0.4, 0.5) is 8.78 Å². The molecule has 0 amide bonds. The lowest BCUT2D eigenvalue weighted by Gasteiger charge is -2.52. The number of carbonyl (C=O) groups is 2. The molecule has 2 aliphatic rings. The van der Waals surface area contributed by atoms with Crippen molar-refractivity contribution in [1.82, 2.24) is 0 Å². The van der Waals surface area contributed by atoms with Gasteiger partial charge >= 0.3 is 27.3 Å². The van der Waals surface area contributed by atoms with Gasteiger partial charge in [-0.25, -0.2) is 4.79 Å². The van der Waals surface area contributed by atoms with Crippen LogP contribution in [0.3, 0.4) is 0 Å². The summed E-state index contributed by atoms with van der Waals surface area (Å²) < 4.78 is 65.0. The van der Waals surface area contributed by atoms with E-state index in [1.165, 1.54) is 6.92 Å². The Bertz CT molecular complexity index is 664. The van der Waals surface area contributed by atoms with Crippen molar-refractivity contribution in [2.45, 2.75) is 63.5 Å². The van der Waals surface area contributed by atoms with Crippen LogP contribution in [0.1, 0.15) is 58.3 Å². The molecule has 1 N–H and O–H groups in total. The fraction of sp³-hybridized carbons (Fsp3) is 0.882. The lowest BCUT2D eigenvalue weighted by Crippen LogP contribution is -2.43. The number of carbonyl (C=O) groups excluding carboxylic acids is 2. The number of rotatable bonds is 9. The summed E-state index contributed by atoms with van der Waals surface area (Å²) in [7, 11) is -5.83. The molecule has 7 nitrogen and oxygen atoms in total. The molecule has 0 radical (unpaired) electrons.